The van der Waals surface area contributed by atoms with Crippen LogP contribution >= 0.6 is 13.0 Å². The molecule has 0 radical (unpaired) electrons. The Morgan fingerprint density at radius 2 is 0.549 bits per heavy atom. The number of alkyl halides is 29. The summed E-state index contributed by atoms with van der Waals surface area (Å²) in [6.07, 6.45) is -16.0. The molecule has 51 heavy (non-hydrogen) atoms. The summed E-state index contributed by atoms with van der Waals surface area (Å²) < 4.78 is 396. The van der Waals surface area contributed by atoms with Crippen LogP contribution in [0.3, 0.4) is 0 Å². The Bertz CT molecular complexity index is 1160. The lowest BCUT2D eigenvalue weighted by Crippen LogP contribution is -2.75. The molecule has 0 bridgehead atoms. The first kappa shape index (κ1) is 51.3. The van der Waals surface area contributed by atoms with Crippen LogP contribution in [0.2, 0.25) is 0 Å². The van der Waals surface area contributed by atoms with Crippen LogP contribution in [0.4, 0.5) is 131 Å². The summed E-state index contributed by atoms with van der Waals surface area (Å²) in [5, 5.41) is -0.0794. The molecule has 1 N–H and O–H groups in total. The van der Waals surface area contributed by atoms with Gasteiger partial charge in [0.05, 0.1) is 6.54 Å². The fourth-order valence-corrected chi connectivity index (χ4v) is 3.22. The maximum absolute atomic E-state index is 15.1. The van der Waals surface area contributed by atoms with Gasteiger partial charge in [-0.15, -0.1) is 0 Å². The molecule has 0 aliphatic carbocycles. The van der Waals surface area contributed by atoms with E-state index in [1.165, 1.54) is 0 Å². The average molecular weight is 857 g/mol. The lowest BCUT2D eigenvalue weighted by molar-refractivity contribution is -0.452. The standard InChI is InChI=1S/C19H12F29N.FHS/c1-5(2)6(20,8(23,24)10(27,28)12(31,32)14(35,36)16(39,40)18(43,44)45)3-49-4-7(21,22)9(25,26)11(29,30)13(33,34)15(37,38)17(41,42)19(46,47)48;1-2/h5,49H,3-4H2,1-2H3;2H. The maximum atomic E-state index is 15.1. The van der Waals surface area contributed by atoms with Crippen LogP contribution in [0.15, 0.2) is 0 Å². The zero-order valence-corrected chi connectivity index (χ0v) is 24.2. The third-order valence-corrected chi connectivity index (χ3v) is 6.49. The summed E-state index contributed by atoms with van der Waals surface area (Å²) in [6, 6.07) is 0. The highest BCUT2D eigenvalue weighted by Crippen LogP contribution is 2.64. The number of hydrogen-bond acceptors (Lipinski definition) is 2. The van der Waals surface area contributed by atoms with E-state index in [0.29, 0.717) is 0 Å². The summed E-state index contributed by atoms with van der Waals surface area (Å²) in [7, 11) is 0. The minimum absolute atomic E-state index is 0.0794. The lowest BCUT2D eigenvalue weighted by atomic mass is 9.79. The molecule has 0 amide bonds. The third kappa shape index (κ3) is 7.12. The number of nitrogens with one attached hydrogen (secondary N) is 1. The van der Waals surface area contributed by atoms with E-state index in [-0.39, 0.29) is 19.2 Å². The molecular formula is C19H13F30NS. The third-order valence-electron chi connectivity index (χ3n) is 6.49. The molecule has 0 aromatic heterocycles. The first-order valence-electron chi connectivity index (χ1n) is 11.5. The van der Waals surface area contributed by atoms with Crippen molar-refractivity contribution in [3.05, 3.63) is 0 Å². The molecule has 1 atom stereocenters. The van der Waals surface area contributed by atoms with Crippen LogP contribution in [0, 0.1) is 5.92 Å². The SMILES string of the molecule is CC(C)C(F)(CNCC(F)(F)C(F)(F)C(F)(F)C(F)(F)C(F)(F)C(F)(F)C(F)(F)F)C(F)(F)C(F)(F)C(F)(F)C(F)(F)C(F)(F)C(F)(F)F.FS. The molecule has 0 heterocycles. The molecule has 32 heteroatoms. The molecule has 0 aliphatic heterocycles. The second-order valence-corrected chi connectivity index (χ2v) is 10.1. The van der Waals surface area contributed by atoms with Gasteiger partial charge in [0.2, 0.25) is 0 Å². The summed E-state index contributed by atoms with van der Waals surface area (Å²) in [6.45, 7) is -8.08. The van der Waals surface area contributed by atoms with Crippen LogP contribution in [0.25, 0.3) is 0 Å². The van der Waals surface area contributed by atoms with Gasteiger partial charge in [-0.2, -0.15) is 127 Å². The van der Waals surface area contributed by atoms with Crippen LogP contribution in [0.5, 0.6) is 0 Å². The highest BCUT2D eigenvalue weighted by molar-refractivity contribution is 7.74. The molecule has 1 nitrogen and oxygen atoms in total. The predicted molar refractivity (Wildman–Crippen MR) is 108 cm³/mol. The summed E-state index contributed by atoms with van der Waals surface area (Å²) in [5.74, 6) is -96.3. The van der Waals surface area contributed by atoms with Gasteiger partial charge in [-0.1, -0.05) is 13.8 Å². The van der Waals surface area contributed by atoms with E-state index < -0.39 is 102 Å². The lowest BCUT2D eigenvalue weighted by Gasteiger charge is -2.45. The van der Waals surface area contributed by atoms with E-state index in [0.717, 1.165) is 0 Å². The second kappa shape index (κ2) is 13.8. The van der Waals surface area contributed by atoms with Crippen molar-refractivity contribution in [1.82, 2.24) is 5.32 Å². The second-order valence-electron chi connectivity index (χ2n) is 10.1. The van der Waals surface area contributed by atoms with Crippen LogP contribution in [0.1, 0.15) is 13.8 Å². The Hall–Kier alpha value is -1.79. The molecular weight excluding hydrogens is 844 g/mol. The van der Waals surface area contributed by atoms with E-state index in [1.807, 2.05) is 13.0 Å². The molecule has 310 valence electrons. The number of halogens is 30. The molecule has 0 saturated heterocycles. The van der Waals surface area contributed by atoms with Crippen molar-refractivity contribution in [2.24, 2.45) is 5.92 Å². The minimum Gasteiger partial charge on any atom is -0.308 e. The van der Waals surface area contributed by atoms with Crippen molar-refractivity contribution >= 4 is 13.0 Å². The average Bonchev–Trinajstić information content (AvgIpc) is 2.91. The van der Waals surface area contributed by atoms with E-state index in [4.69, 9.17) is 0 Å². The van der Waals surface area contributed by atoms with Crippen LogP contribution in [-0.4, -0.2) is 96.3 Å². The van der Waals surface area contributed by atoms with E-state index in [9.17, 15) is 127 Å². The Morgan fingerprint density at radius 1 is 0.333 bits per heavy atom. The first-order valence-corrected chi connectivity index (χ1v) is 11.8. The monoisotopic (exact) mass is 857 g/mol. The molecule has 0 rings (SSSR count). The van der Waals surface area contributed by atoms with Crippen molar-refractivity contribution in [2.45, 2.75) is 97.0 Å². The minimum atomic E-state index is -8.89. The van der Waals surface area contributed by atoms with Crippen molar-refractivity contribution in [2.75, 3.05) is 13.1 Å². The summed E-state index contributed by atoms with van der Waals surface area (Å²) in [4.78, 5) is 0. The van der Waals surface area contributed by atoms with Gasteiger partial charge in [-0.05, 0) is 5.92 Å². The van der Waals surface area contributed by atoms with Gasteiger partial charge in [0.25, 0.3) is 0 Å². The predicted octanol–water partition coefficient (Wildman–Crippen LogP) is 10.9. The largest absolute Gasteiger partial charge is 0.460 e. The molecule has 0 aliphatic rings. The molecule has 0 aromatic rings. The molecule has 0 saturated carbocycles. The molecule has 0 fully saturated rings. The van der Waals surface area contributed by atoms with E-state index in [1.54, 1.807) is 0 Å². The van der Waals surface area contributed by atoms with Gasteiger partial charge in [0.1, 0.15) is 0 Å². The van der Waals surface area contributed by atoms with Gasteiger partial charge >= 0.3 is 77.5 Å². The first-order chi connectivity index (χ1) is 21.7. The van der Waals surface area contributed by atoms with E-state index in [2.05, 4.69) is 0 Å². The number of rotatable bonds is 15. The number of hydrogen-bond donors (Lipinski definition) is 2. The van der Waals surface area contributed by atoms with Gasteiger partial charge in [-0.25, -0.2) is 4.39 Å². The topological polar surface area (TPSA) is 12.0 Å². The van der Waals surface area contributed by atoms with Gasteiger partial charge in [-0.3, -0.25) is 0 Å². The maximum Gasteiger partial charge on any atom is 0.460 e. The smallest absolute Gasteiger partial charge is 0.308 e. The fourth-order valence-electron chi connectivity index (χ4n) is 3.22. The zero-order valence-electron chi connectivity index (χ0n) is 23.3. The molecule has 1 unspecified atom stereocenters. The van der Waals surface area contributed by atoms with Gasteiger partial charge in [0, 0.05) is 19.6 Å². The van der Waals surface area contributed by atoms with Crippen molar-refractivity contribution < 1.29 is 131 Å². The van der Waals surface area contributed by atoms with Crippen molar-refractivity contribution in [1.29, 1.82) is 0 Å². The number of thiol groups is 1. The fraction of sp³-hybridized carbons (Fsp3) is 1.00. The van der Waals surface area contributed by atoms with Crippen LogP contribution < -0.4 is 5.32 Å². The summed E-state index contributed by atoms with van der Waals surface area (Å²) >= 11 is 2.03. The Morgan fingerprint density at radius 3 is 0.784 bits per heavy atom. The highest BCUT2D eigenvalue weighted by Gasteiger charge is 2.94. The van der Waals surface area contributed by atoms with Crippen molar-refractivity contribution in [3.63, 3.8) is 0 Å². The van der Waals surface area contributed by atoms with Crippen LogP contribution in [-0.2, 0) is 0 Å². The van der Waals surface area contributed by atoms with E-state index >= 15 is 4.39 Å². The van der Waals surface area contributed by atoms with Gasteiger partial charge in [0.15, 0.2) is 5.67 Å². The van der Waals surface area contributed by atoms with Gasteiger partial charge < -0.3 is 5.32 Å². The Labute approximate surface area is 266 Å². The highest BCUT2D eigenvalue weighted by atomic mass is 32.1. The van der Waals surface area contributed by atoms with Crippen molar-refractivity contribution in [3.8, 4) is 0 Å². The zero-order chi connectivity index (χ0) is 42.7. The Kier molecular flexibility index (Phi) is 13.9. The quantitative estimate of drug-likeness (QED) is 0.124. The molecule has 0 spiro atoms. The summed E-state index contributed by atoms with van der Waals surface area (Å²) in [5.41, 5.74) is -6.11. The normalized spacial score (nSPS) is 17.3. The Balaban J connectivity index is 0. The molecule has 0 aromatic carbocycles.